The third-order valence-corrected chi connectivity index (χ3v) is 3.70. The Morgan fingerprint density at radius 2 is 1.76 bits per heavy atom. The molecule has 1 unspecified atom stereocenters. The Hall–Kier alpha value is -1.75. The van der Waals surface area contributed by atoms with Crippen molar-refractivity contribution in [3.63, 3.8) is 0 Å². The van der Waals surface area contributed by atoms with Gasteiger partial charge in [0.15, 0.2) is 11.6 Å². The predicted octanol–water partition coefficient (Wildman–Crippen LogP) is 4.78. The normalized spacial score (nSPS) is 11.9. The minimum absolute atomic E-state index is 0.0253. The first-order valence-electron chi connectivity index (χ1n) is 6.48. The molecule has 0 bridgehead atoms. The molecule has 0 saturated carbocycles. The van der Waals surface area contributed by atoms with Crippen LogP contribution in [0.1, 0.15) is 18.5 Å². The Labute approximate surface area is 132 Å². The maximum Gasteiger partial charge on any atom is 0.165 e. The molecule has 0 spiro atoms. The van der Waals surface area contributed by atoms with Crippen molar-refractivity contribution >= 4 is 21.6 Å². The summed E-state index contributed by atoms with van der Waals surface area (Å²) in [4.78, 5) is 0. The summed E-state index contributed by atoms with van der Waals surface area (Å²) in [5.41, 5.74) is 1.79. The van der Waals surface area contributed by atoms with Crippen molar-refractivity contribution in [2.75, 3.05) is 19.5 Å². The van der Waals surface area contributed by atoms with E-state index < -0.39 is 0 Å². The summed E-state index contributed by atoms with van der Waals surface area (Å²) in [6, 6.07) is 10.5. The molecule has 0 aliphatic heterocycles. The zero-order chi connectivity index (χ0) is 15.4. The van der Waals surface area contributed by atoms with Gasteiger partial charge in [0.2, 0.25) is 0 Å². The van der Waals surface area contributed by atoms with Crippen LogP contribution in [0.3, 0.4) is 0 Å². The number of benzene rings is 2. The summed E-state index contributed by atoms with van der Waals surface area (Å²) in [6.07, 6.45) is 0. The minimum Gasteiger partial charge on any atom is -0.495 e. The van der Waals surface area contributed by atoms with Crippen LogP contribution >= 0.6 is 15.9 Å². The molecule has 21 heavy (non-hydrogen) atoms. The second-order valence-electron chi connectivity index (χ2n) is 4.60. The van der Waals surface area contributed by atoms with Crippen LogP contribution in [-0.4, -0.2) is 14.2 Å². The Balaban J connectivity index is 2.25. The molecule has 0 amide bonds. The van der Waals surface area contributed by atoms with Crippen LogP contribution in [-0.2, 0) is 0 Å². The lowest BCUT2D eigenvalue weighted by molar-refractivity contribution is 0.385. The van der Waals surface area contributed by atoms with Crippen molar-refractivity contribution in [3.8, 4) is 11.5 Å². The maximum absolute atomic E-state index is 13.5. The summed E-state index contributed by atoms with van der Waals surface area (Å²) >= 11 is 3.44. The molecule has 0 heterocycles. The molecule has 3 nitrogen and oxygen atoms in total. The van der Waals surface area contributed by atoms with Gasteiger partial charge in [0.25, 0.3) is 0 Å². The van der Waals surface area contributed by atoms with Crippen LogP contribution < -0.4 is 14.8 Å². The zero-order valence-corrected chi connectivity index (χ0v) is 13.7. The Morgan fingerprint density at radius 1 is 1.05 bits per heavy atom. The predicted molar refractivity (Wildman–Crippen MR) is 85.7 cm³/mol. The summed E-state index contributed by atoms with van der Waals surface area (Å²) in [5.74, 6) is 0.620. The molecule has 2 aromatic carbocycles. The number of nitrogens with one attached hydrogen (secondary N) is 1. The van der Waals surface area contributed by atoms with Crippen molar-refractivity contribution in [1.29, 1.82) is 0 Å². The average molecular weight is 354 g/mol. The fourth-order valence-electron chi connectivity index (χ4n) is 2.06. The first-order valence-corrected chi connectivity index (χ1v) is 7.28. The van der Waals surface area contributed by atoms with Gasteiger partial charge in [-0.1, -0.05) is 22.0 Å². The molecular weight excluding hydrogens is 337 g/mol. The highest BCUT2D eigenvalue weighted by atomic mass is 79.9. The largest absolute Gasteiger partial charge is 0.495 e. The Morgan fingerprint density at radius 3 is 2.43 bits per heavy atom. The number of methoxy groups -OCH3 is 2. The number of hydrogen-bond donors (Lipinski definition) is 1. The van der Waals surface area contributed by atoms with Crippen molar-refractivity contribution in [3.05, 3.63) is 52.3 Å². The number of rotatable bonds is 5. The van der Waals surface area contributed by atoms with Gasteiger partial charge in [0.1, 0.15) is 5.75 Å². The van der Waals surface area contributed by atoms with Gasteiger partial charge in [-0.15, -0.1) is 0 Å². The van der Waals surface area contributed by atoms with E-state index in [4.69, 9.17) is 9.47 Å². The average Bonchev–Trinajstić information content (AvgIpc) is 2.48. The lowest BCUT2D eigenvalue weighted by atomic mass is 10.1. The standard InChI is InChI=1S/C16H17BrFNO2/c1-10(11-4-6-13(18)16(8-11)21-3)19-14-9-12(17)5-7-15(14)20-2/h4-10,19H,1-3H3. The molecule has 0 fully saturated rings. The van der Waals surface area contributed by atoms with E-state index in [0.717, 1.165) is 21.5 Å². The van der Waals surface area contributed by atoms with Crippen molar-refractivity contribution in [1.82, 2.24) is 0 Å². The van der Waals surface area contributed by atoms with E-state index in [1.807, 2.05) is 25.1 Å². The van der Waals surface area contributed by atoms with E-state index in [1.54, 1.807) is 19.2 Å². The molecule has 1 atom stereocenters. The molecule has 0 aliphatic rings. The van der Waals surface area contributed by atoms with Gasteiger partial charge in [0.05, 0.1) is 19.9 Å². The highest BCUT2D eigenvalue weighted by Crippen LogP contribution is 2.32. The number of ether oxygens (including phenoxy) is 2. The van der Waals surface area contributed by atoms with Gasteiger partial charge < -0.3 is 14.8 Å². The van der Waals surface area contributed by atoms with Gasteiger partial charge in [-0.2, -0.15) is 0 Å². The van der Waals surface area contributed by atoms with Gasteiger partial charge in [-0.25, -0.2) is 4.39 Å². The monoisotopic (exact) mass is 353 g/mol. The number of halogens is 2. The lowest BCUT2D eigenvalue weighted by Gasteiger charge is -2.19. The highest BCUT2D eigenvalue weighted by Gasteiger charge is 2.12. The van der Waals surface area contributed by atoms with Crippen LogP contribution in [0.4, 0.5) is 10.1 Å². The van der Waals surface area contributed by atoms with Gasteiger partial charge in [-0.3, -0.25) is 0 Å². The molecule has 5 heteroatoms. The Kier molecular flexibility index (Phi) is 5.07. The topological polar surface area (TPSA) is 30.5 Å². The summed E-state index contributed by atoms with van der Waals surface area (Å²) in [6.45, 7) is 1.99. The van der Waals surface area contributed by atoms with Crippen molar-refractivity contribution < 1.29 is 13.9 Å². The molecule has 112 valence electrons. The SMILES string of the molecule is COc1cc(C(C)Nc2cc(Br)ccc2OC)ccc1F. The van der Waals surface area contributed by atoms with E-state index >= 15 is 0 Å². The quantitative estimate of drug-likeness (QED) is 0.838. The summed E-state index contributed by atoms with van der Waals surface area (Å²) < 4.78 is 24.8. The fourth-order valence-corrected chi connectivity index (χ4v) is 2.42. The minimum atomic E-state index is -0.367. The molecule has 2 aromatic rings. The van der Waals surface area contributed by atoms with Crippen molar-refractivity contribution in [2.24, 2.45) is 0 Å². The van der Waals surface area contributed by atoms with E-state index in [2.05, 4.69) is 21.2 Å². The summed E-state index contributed by atoms with van der Waals surface area (Å²) in [5, 5.41) is 3.36. The fraction of sp³-hybridized carbons (Fsp3) is 0.250. The van der Waals surface area contributed by atoms with Gasteiger partial charge in [0, 0.05) is 10.5 Å². The molecule has 2 rings (SSSR count). The molecule has 0 saturated heterocycles. The highest BCUT2D eigenvalue weighted by molar-refractivity contribution is 9.10. The number of anilines is 1. The maximum atomic E-state index is 13.5. The Bertz CT molecular complexity index is 634. The molecule has 0 aliphatic carbocycles. The smallest absolute Gasteiger partial charge is 0.165 e. The molecular formula is C16H17BrFNO2. The first-order chi connectivity index (χ1) is 10.0. The van der Waals surface area contributed by atoms with Crippen molar-refractivity contribution in [2.45, 2.75) is 13.0 Å². The molecule has 1 N–H and O–H groups in total. The van der Waals surface area contributed by atoms with E-state index in [0.29, 0.717) is 0 Å². The van der Waals surface area contributed by atoms with Crippen LogP contribution in [0.25, 0.3) is 0 Å². The second kappa shape index (κ2) is 6.80. The van der Waals surface area contributed by atoms with Gasteiger partial charge in [-0.05, 0) is 42.8 Å². The molecule has 0 aromatic heterocycles. The first kappa shape index (κ1) is 15.6. The summed E-state index contributed by atoms with van der Waals surface area (Å²) in [7, 11) is 3.08. The van der Waals surface area contributed by atoms with E-state index in [1.165, 1.54) is 13.2 Å². The second-order valence-corrected chi connectivity index (χ2v) is 5.52. The van der Waals surface area contributed by atoms with Crippen LogP contribution in [0, 0.1) is 5.82 Å². The van der Waals surface area contributed by atoms with Gasteiger partial charge >= 0.3 is 0 Å². The molecule has 0 radical (unpaired) electrons. The van der Waals surface area contributed by atoms with Crippen LogP contribution in [0.5, 0.6) is 11.5 Å². The zero-order valence-electron chi connectivity index (χ0n) is 12.1. The third-order valence-electron chi connectivity index (χ3n) is 3.21. The van der Waals surface area contributed by atoms with Crippen LogP contribution in [0.15, 0.2) is 40.9 Å². The van der Waals surface area contributed by atoms with E-state index in [9.17, 15) is 4.39 Å². The van der Waals surface area contributed by atoms with E-state index in [-0.39, 0.29) is 17.6 Å². The third kappa shape index (κ3) is 3.67. The number of hydrogen-bond acceptors (Lipinski definition) is 3. The lowest BCUT2D eigenvalue weighted by Crippen LogP contribution is -2.08. The van der Waals surface area contributed by atoms with Crippen LogP contribution in [0.2, 0.25) is 0 Å².